The van der Waals surface area contributed by atoms with Crippen LogP contribution in [0.15, 0.2) is 24.4 Å². The summed E-state index contributed by atoms with van der Waals surface area (Å²) in [5.41, 5.74) is 8.47. The van der Waals surface area contributed by atoms with Gasteiger partial charge in [0.15, 0.2) is 15.5 Å². The molecule has 11 nitrogen and oxygen atoms in total. The Morgan fingerprint density at radius 2 is 2.12 bits per heavy atom. The van der Waals surface area contributed by atoms with E-state index in [0.717, 1.165) is 18.5 Å². The average molecular weight is 456 g/mol. The fourth-order valence-corrected chi connectivity index (χ4v) is 4.19. The highest BCUT2D eigenvalue weighted by Gasteiger charge is 2.24. The summed E-state index contributed by atoms with van der Waals surface area (Å²) in [5.74, 6) is 0.672. The Bertz CT molecular complexity index is 1290. The summed E-state index contributed by atoms with van der Waals surface area (Å²) in [6.07, 6.45) is 4.76. The van der Waals surface area contributed by atoms with Crippen LogP contribution < -0.4 is 21.3 Å². The summed E-state index contributed by atoms with van der Waals surface area (Å²) in [7, 11) is -1.38. The molecule has 0 radical (unpaired) electrons. The number of benzene rings is 1. The zero-order chi connectivity index (χ0) is 22.9. The quantitative estimate of drug-likeness (QED) is 0.429. The summed E-state index contributed by atoms with van der Waals surface area (Å²) in [6.45, 7) is 1.05. The van der Waals surface area contributed by atoms with Gasteiger partial charge in [0.05, 0.1) is 11.9 Å². The molecule has 0 atom stereocenters. The number of anilines is 4. The molecule has 32 heavy (non-hydrogen) atoms. The van der Waals surface area contributed by atoms with Gasteiger partial charge in [0, 0.05) is 43.8 Å². The molecule has 1 fully saturated rings. The summed E-state index contributed by atoms with van der Waals surface area (Å²) in [4.78, 5) is 10.9. The van der Waals surface area contributed by atoms with Gasteiger partial charge in [0.2, 0.25) is 11.9 Å². The van der Waals surface area contributed by atoms with Crippen molar-refractivity contribution in [2.75, 3.05) is 41.9 Å². The number of hydrogen-bond acceptors (Lipinski definition) is 10. The van der Waals surface area contributed by atoms with Gasteiger partial charge in [-0.25, -0.2) is 8.42 Å². The molecule has 1 aliphatic carbocycles. The first kappa shape index (κ1) is 21.8. The number of fused-ring (bicyclic) bond motifs is 1. The van der Waals surface area contributed by atoms with Gasteiger partial charge in [0.25, 0.3) is 0 Å². The van der Waals surface area contributed by atoms with E-state index in [9.17, 15) is 13.7 Å². The Balaban J connectivity index is 1.71. The van der Waals surface area contributed by atoms with E-state index >= 15 is 0 Å². The normalized spacial score (nSPS) is 13.7. The third kappa shape index (κ3) is 4.90. The number of hydrogen-bond donors (Lipinski definition) is 3. The summed E-state index contributed by atoms with van der Waals surface area (Å²) < 4.78 is 25.5. The molecule has 0 saturated heterocycles. The van der Waals surface area contributed by atoms with Crippen molar-refractivity contribution in [2.24, 2.45) is 5.73 Å². The van der Waals surface area contributed by atoms with E-state index in [1.807, 2.05) is 24.1 Å². The lowest BCUT2D eigenvalue weighted by atomic mass is 10.1. The number of nitrogens with zero attached hydrogens (tertiary/aromatic N) is 6. The van der Waals surface area contributed by atoms with Gasteiger partial charge >= 0.3 is 0 Å². The minimum Gasteiger partial charge on any atom is -0.373 e. The SMILES string of the molecule is CN(CCN)c1ccc(Nc2nc(NC3CC3)n3ncc(C#N)c3n2)cc1CS(C)(=O)=O. The van der Waals surface area contributed by atoms with Crippen LogP contribution >= 0.6 is 0 Å². The van der Waals surface area contributed by atoms with Gasteiger partial charge in [-0.2, -0.15) is 24.8 Å². The second-order valence-electron chi connectivity index (χ2n) is 7.94. The fraction of sp³-hybridized carbons (Fsp3) is 0.400. The molecule has 4 rings (SSSR count). The molecular weight excluding hydrogens is 430 g/mol. The molecule has 4 N–H and O–H groups in total. The van der Waals surface area contributed by atoms with Crippen LogP contribution in [0.2, 0.25) is 0 Å². The highest BCUT2D eigenvalue weighted by atomic mass is 32.2. The Hall–Kier alpha value is -3.43. The predicted octanol–water partition coefficient (Wildman–Crippen LogP) is 1.25. The Morgan fingerprint density at radius 3 is 2.78 bits per heavy atom. The molecule has 0 spiro atoms. The third-order valence-electron chi connectivity index (χ3n) is 5.03. The van der Waals surface area contributed by atoms with Crippen molar-refractivity contribution in [3.05, 3.63) is 35.5 Å². The lowest BCUT2D eigenvalue weighted by molar-refractivity contribution is 0.601. The molecule has 168 valence electrons. The van der Waals surface area contributed by atoms with E-state index in [1.54, 1.807) is 6.07 Å². The second-order valence-corrected chi connectivity index (χ2v) is 10.1. The molecule has 12 heteroatoms. The zero-order valence-electron chi connectivity index (χ0n) is 17.9. The van der Waals surface area contributed by atoms with Crippen molar-refractivity contribution in [1.29, 1.82) is 5.26 Å². The van der Waals surface area contributed by atoms with Crippen LogP contribution in [-0.2, 0) is 15.6 Å². The van der Waals surface area contributed by atoms with E-state index in [2.05, 4.69) is 31.8 Å². The Kier molecular flexibility index (Phi) is 5.86. The molecule has 3 aromatic rings. The van der Waals surface area contributed by atoms with E-state index in [-0.39, 0.29) is 11.7 Å². The summed E-state index contributed by atoms with van der Waals surface area (Å²) >= 11 is 0. The lowest BCUT2D eigenvalue weighted by Crippen LogP contribution is -2.26. The van der Waals surface area contributed by atoms with Crippen LogP contribution in [0.25, 0.3) is 5.65 Å². The maximum Gasteiger partial charge on any atom is 0.232 e. The number of rotatable bonds is 9. The van der Waals surface area contributed by atoms with Crippen molar-refractivity contribution >= 4 is 38.8 Å². The van der Waals surface area contributed by atoms with Crippen LogP contribution in [-0.4, -0.2) is 60.4 Å². The minimum absolute atomic E-state index is 0.109. The molecule has 0 aliphatic heterocycles. The van der Waals surface area contributed by atoms with Gasteiger partial charge in [-0.3, -0.25) is 0 Å². The molecule has 1 saturated carbocycles. The highest BCUT2D eigenvalue weighted by Crippen LogP contribution is 2.28. The Labute approximate surface area is 186 Å². The molecule has 2 aromatic heterocycles. The monoisotopic (exact) mass is 455 g/mol. The van der Waals surface area contributed by atoms with Crippen molar-refractivity contribution in [2.45, 2.75) is 24.6 Å². The molecule has 1 aliphatic rings. The number of likely N-dealkylation sites (N-methyl/N-ethyl adjacent to an activating group) is 1. The van der Waals surface area contributed by atoms with E-state index < -0.39 is 9.84 Å². The molecule has 2 heterocycles. The van der Waals surface area contributed by atoms with Crippen molar-refractivity contribution in [1.82, 2.24) is 19.6 Å². The zero-order valence-corrected chi connectivity index (χ0v) is 18.7. The van der Waals surface area contributed by atoms with E-state index in [0.29, 0.717) is 47.5 Å². The number of nitrogens with two attached hydrogens (primary N) is 1. The maximum absolute atomic E-state index is 12.0. The predicted molar refractivity (Wildman–Crippen MR) is 123 cm³/mol. The van der Waals surface area contributed by atoms with Crippen LogP contribution in [0.5, 0.6) is 0 Å². The smallest absolute Gasteiger partial charge is 0.232 e. The second kappa shape index (κ2) is 8.60. The average Bonchev–Trinajstić information content (AvgIpc) is 3.43. The van der Waals surface area contributed by atoms with E-state index in [4.69, 9.17) is 5.73 Å². The van der Waals surface area contributed by atoms with Gasteiger partial charge in [-0.05, 0) is 36.6 Å². The number of nitrogens with one attached hydrogen (secondary N) is 2. The van der Waals surface area contributed by atoms with Gasteiger partial charge < -0.3 is 21.3 Å². The van der Waals surface area contributed by atoms with Gasteiger partial charge in [-0.1, -0.05) is 0 Å². The third-order valence-corrected chi connectivity index (χ3v) is 5.86. The Morgan fingerprint density at radius 1 is 1.34 bits per heavy atom. The number of nitriles is 1. The van der Waals surface area contributed by atoms with Crippen molar-refractivity contribution in [3.63, 3.8) is 0 Å². The van der Waals surface area contributed by atoms with Crippen LogP contribution in [0.3, 0.4) is 0 Å². The minimum atomic E-state index is -3.26. The van der Waals surface area contributed by atoms with Gasteiger partial charge in [-0.15, -0.1) is 0 Å². The maximum atomic E-state index is 12.0. The first-order valence-electron chi connectivity index (χ1n) is 10.2. The molecule has 0 bridgehead atoms. The first-order chi connectivity index (χ1) is 15.3. The topological polar surface area (TPSA) is 154 Å². The van der Waals surface area contributed by atoms with Crippen LogP contribution in [0, 0.1) is 11.3 Å². The molecule has 1 aromatic carbocycles. The summed E-state index contributed by atoms with van der Waals surface area (Å²) in [6, 6.07) is 7.87. The number of aromatic nitrogens is 4. The highest BCUT2D eigenvalue weighted by molar-refractivity contribution is 7.89. The van der Waals surface area contributed by atoms with Crippen molar-refractivity contribution in [3.8, 4) is 6.07 Å². The number of sulfone groups is 1. The van der Waals surface area contributed by atoms with Crippen molar-refractivity contribution < 1.29 is 8.42 Å². The van der Waals surface area contributed by atoms with Crippen LogP contribution in [0.4, 0.5) is 23.3 Å². The van der Waals surface area contributed by atoms with E-state index in [1.165, 1.54) is 17.0 Å². The first-order valence-corrected chi connectivity index (χ1v) is 12.2. The lowest BCUT2D eigenvalue weighted by Gasteiger charge is -2.22. The van der Waals surface area contributed by atoms with Gasteiger partial charge in [0.1, 0.15) is 11.6 Å². The molecule has 0 unspecified atom stereocenters. The molecular formula is C20H25N9O2S. The summed E-state index contributed by atoms with van der Waals surface area (Å²) in [5, 5.41) is 20.1. The molecule has 0 amide bonds. The van der Waals surface area contributed by atoms with Crippen LogP contribution in [0.1, 0.15) is 24.0 Å². The standard InChI is InChI=1S/C20H25N9O2S/c1-28(8-7-21)17-6-5-16(9-13(17)12-32(2,30)31)24-19-26-18-14(10-22)11-23-29(18)20(27-19)25-15-3-4-15/h5-6,9,11,15H,3-4,7-8,12,21H2,1-2H3,(H2,24,25,26,27). The largest absolute Gasteiger partial charge is 0.373 e. The fourth-order valence-electron chi connectivity index (χ4n) is 3.39.